The Morgan fingerprint density at radius 3 is 2.70 bits per heavy atom. The average Bonchev–Trinajstić information content (AvgIpc) is 2.55. The standard InChI is InChI=1S/C17H29N5O/c1-14(13-22-10-8-21(2)9-11-22)12-19-17(18)20-15-6-4-5-7-16(15)23-3/h4-7,14H,8-13H2,1-3H3,(H3,18,19,20). The number of nitrogens with zero attached hydrogens (tertiary/aromatic N) is 3. The van der Waals surface area contributed by atoms with Gasteiger partial charge in [-0.05, 0) is 25.1 Å². The number of hydrogen-bond acceptors (Lipinski definition) is 4. The van der Waals surface area contributed by atoms with Crippen molar-refractivity contribution in [3.05, 3.63) is 24.3 Å². The normalized spacial score (nSPS) is 18.7. The number of rotatable bonds is 6. The van der Waals surface area contributed by atoms with E-state index in [0.29, 0.717) is 11.9 Å². The number of nitrogens with one attached hydrogen (secondary N) is 1. The molecule has 1 saturated heterocycles. The van der Waals surface area contributed by atoms with Crippen LogP contribution in [0.2, 0.25) is 0 Å². The summed E-state index contributed by atoms with van der Waals surface area (Å²) in [5, 5.41) is 3.11. The van der Waals surface area contributed by atoms with Gasteiger partial charge in [-0.15, -0.1) is 0 Å². The summed E-state index contributed by atoms with van der Waals surface area (Å²) in [4.78, 5) is 9.34. The van der Waals surface area contributed by atoms with Crippen LogP contribution in [-0.2, 0) is 0 Å². The Morgan fingerprint density at radius 2 is 2.00 bits per heavy atom. The lowest BCUT2D eigenvalue weighted by Gasteiger charge is -2.33. The van der Waals surface area contributed by atoms with Crippen LogP contribution in [0.3, 0.4) is 0 Å². The van der Waals surface area contributed by atoms with Gasteiger partial charge >= 0.3 is 0 Å². The molecule has 6 nitrogen and oxygen atoms in total. The molecule has 0 aromatic heterocycles. The number of methoxy groups -OCH3 is 1. The van der Waals surface area contributed by atoms with Gasteiger partial charge in [-0.2, -0.15) is 0 Å². The van der Waals surface area contributed by atoms with E-state index >= 15 is 0 Å². The number of ether oxygens (including phenoxy) is 1. The van der Waals surface area contributed by atoms with Crippen LogP contribution in [0.4, 0.5) is 5.69 Å². The molecule has 1 fully saturated rings. The highest BCUT2D eigenvalue weighted by molar-refractivity contribution is 5.93. The Kier molecular flexibility index (Phi) is 6.67. The molecule has 0 bridgehead atoms. The third kappa shape index (κ3) is 5.73. The molecule has 23 heavy (non-hydrogen) atoms. The minimum atomic E-state index is 0.430. The number of hydrogen-bond donors (Lipinski definition) is 2. The van der Waals surface area contributed by atoms with Crippen LogP contribution in [0.1, 0.15) is 6.92 Å². The van der Waals surface area contributed by atoms with Crippen LogP contribution < -0.4 is 15.8 Å². The third-order valence-corrected chi connectivity index (χ3v) is 4.11. The van der Waals surface area contributed by atoms with Crippen LogP contribution >= 0.6 is 0 Å². The smallest absolute Gasteiger partial charge is 0.193 e. The number of anilines is 1. The zero-order chi connectivity index (χ0) is 16.7. The molecule has 128 valence electrons. The summed E-state index contributed by atoms with van der Waals surface area (Å²) in [6.45, 7) is 8.58. The van der Waals surface area contributed by atoms with E-state index in [0.717, 1.165) is 50.7 Å². The number of benzene rings is 1. The maximum absolute atomic E-state index is 5.99. The van der Waals surface area contributed by atoms with Crippen molar-refractivity contribution >= 4 is 11.6 Å². The molecule has 0 aliphatic carbocycles. The van der Waals surface area contributed by atoms with Gasteiger partial charge in [0.15, 0.2) is 5.96 Å². The fourth-order valence-corrected chi connectivity index (χ4v) is 2.71. The van der Waals surface area contributed by atoms with E-state index in [4.69, 9.17) is 10.5 Å². The van der Waals surface area contributed by atoms with Crippen LogP contribution in [0.15, 0.2) is 29.3 Å². The maximum atomic E-state index is 5.99. The SMILES string of the molecule is COc1ccccc1NC(N)=NCC(C)CN1CCN(C)CC1. The van der Waals surface area contributed by atoms with Crippen molar-refractivity contribution in [1.82, 2.24) is 9.80 Å². The summed E-state index contributed by atoms with van der Waals surface area (Å²) in [5.74, 6) is 1.67. The van der Waals surface area contributed by atoms with Gasteiger partial charge in [-0.3, -0.25) is 4.99 Å². The van der Waals surface area contributed by atoms with E-state index in [2.05, 4.69) is 34.1 Å². The molecule has 0 radical (unpaired) electrons. The van der Waals surface area contributed by atoms with Crippen LogP contribution in [-0.4, -0.2) is 69.2 Å². The zero-order valence-corrected chi connectivity index (χ0v) is 14.5. The van der Waals surface area contributed by atoms with E-state index < -0.39 is 0 Å². The molecule has 0 saturated carbocycles. The first-order chi connectivity index (χ1) is 11.1. The first kappa shape index (κ1) is 17.6. The lowest BCUT2D eigenvalue weighted by atomic mass is 10.1. The van der Waals surface area contributed by atoms with Crippen LogP contribution in [0.5, 0.6) is 5.75 Å². The van der Waals surface area contributed by atoms with Gasteiger partial charge in [-0.25, -0.2) is 0 Å². The van der Waals surface area contributed by atoms with Gasteiger partial charge in [0.2, 0.25) is 0 Å². The molecule has 1 atom stereocenters. The highest BCUT2D eigenvalue weighted by Crippen LogP contribution is 2.22. The maximum Gasteiger partial charge on any atom is 0.193 e. The molecule has 1 aromatic carbocycles. The number of likely N-dealkylation sites (N-methyl/N-ethyl adjacent to an activating group) is 1. The van der Waals surface area contributed by atoms with Crippen molar-refractivity contribution in [1.29, 1.82) is 0 Å². The minimum Gasteiger partial charge on any atom is -0.495 e. The number of para-hydroxylation sites is 2. The quantitative estimate of drug-likeness (QED) is 0.611. The van der Waals surface area contributed by atoms with Gasteiger partial charge in [0.25, 0.3) is 0 Å². The van der Waals surface area contributed by atoms with Gasteiger partial charge in [0.05, 0.1) is 12.8 Å². The van der Waals surface area contributed by atoms with Crippen LogP contribution in [0.25, 0.3) is 0 Å². The lowest BCUT2D eigenvalue weighted by molar-refractivity contribution is 0.140. The molecule has 1 heterocycles. The first-order valence-electron chi connectivity index (χ1n) is 8.19. The Balaban J connectivity index is 1.79. The second-order valence-electron chi connectivity index (χ2n) is 6.26. The second-order valence-corrected chi connectivity index (χ2v) is 6.26. The summed E-state index contributed by atoms with van der Waals surface area (Å²) < 4.78 is 5.30. The van der Waals surface area contributed by atoms with E-state index in [1.54, 1.807) is 7.11 Å². The fraction of sp³-hybridized carbons (Fsp3) is 0.588. The predicted octanol–water partition coefficient (Wildman–Crippen LogP) is 1.31. The molecule has 1 aromatic rings. The van der Waals surface area contributed by atoms with Gasteiger partial charge in [0.1, 0.15) is 5.75 Å². The van der Waals surface area contributed by atoms with Gasteiger partial charge in [-0.1, -0.05) is 19.1 Å². The van der Waals surface area contributed by atoms with E-state index in [-0.39, 0.29) is 0 Å². The summed E-state index contributed by atoms with van der Waals surface area (Å²) in [7, 11) is 3.82. The molecule has 1 unspecified atom stereocenters. The zero-order valence-electron chi connectivity index (χ0n) is 14.5. The van der Waals surface area contributed by atoms with E-state index in [9.17, 15) is 0 Å². The van der Waals surface area contributed by atoms with E-state index in [1.165, 1.54) is 0 Å². The van der Waals surface area contributed by atoms with Crippen LogP contribution in [0, 0.1) is 5.92 Å². The van der Waals surface area contributed by atoms with Gasteiger partial charge in [0, 0.05) is 39.3 Å². The molecule has 0 spiro atoms. The summed E-state index contributed by atoms with van der Waals surface area (Å²) in [5.41, 5.74) is 6.83. The number of aliphatic imine (C=N–C) groups is 1. The second kappa shape index (κ2) is 8.74. The third-order valence-electron chi connectivity index (χ3n) is 4.11. The number of piperazine rings is 1. The van der Waals surface area contributed by atoms with E-state index in [1.807, 2.05) is 24.3 Å². The molecular formula is C17H29N5O. The highest BCUT2D eigenvalue weighted by Gasteiger charge is 2.15. The van der Waals surface area contributed by atoms with Crippen molar-refractivity contribution in [3.8, 4) is 5.75 Å². The Bertz CT molecular complexity index is 511. The number of nitrogens with two attached hydrogens (primary N) is 1. The van der Waals surface area contributed by atoms with Crippen molar-refractivity contribution < 1.29 is 4.74 Å². The van der Waals surface area contributed by atoms with Crippen molar-refractivity contribution in [3.63, 3.8) is 0 Å². The summed E-state index contributed by atoms with van der Waals surface area (Å²) in [6, 6.07) is 7.68. The summed E-state index contributed by atoms with van der Waals surface area (Å²) in [6.07, 6.45) is 0. The van der Waals surface area contributed by atoms with Gasteiger partial charge < -0.3 is 25.6 Å². The molecule has 2 rings (SSSR count). The monoisotopic (exact) mass is 319 g/mol. The Labute approximate surface area is 139 Å². The van der Waals surface area contributed by atoms with Crippen molar-refractivity contribution in [2.75, 3.05) is 58.7 Å². The molecule has 1 aliphatic rings. The minimum absolute atomic E-state index is 0.430. The lowest BCUT2D eigenvalue weighted by Crippen LogP contribution is -2.46. The predicted molar refractivity (Wildman–Crippen MR) is 96.2 cm³/mol. The Hall–Kier alpha value is -1.79. The molecular weight excluding hydrogens is 290 g/mol. The van der Waals surface area contributed by atoms with Crippen molar-refractivity contribution in [2.45, 2.75) is 6.92 Å². The fourth-order valence-electron chi connectivity index (χ4n) is 2.71. The molecule has 1 aliphatic heterocycles. The highest BCUT2D eigenvalue weighted by atomic mass is 16.5. The average molecular weight is 319 g/mol. The topological polar surface area (TPSA) is 66.1 Å². The Morgan fingerprint density at radius 1 is 1.30 bits per heavy atom. The van der Waals surface area contributed by atoms with Crippen molar-refractivity contribution in [2.24, 2.45) is 16.6 Å². The molecule has 0 amide bonds. The summed E-state index contributed by atoms with van der Waals surface area (Å²) >= 11 is 0. The number of guanidine groups is 1. The molecule has 6 heteroatoms. The molecule has 3 N–H and O–H groups in total. The largest absolute Gasteiger partial charge is 0.495 e. The first-order valence-corrected chi connectivity index (χ1v) is 8.19.